The number of rotatable bonds is 2. The molecular formula is C10H11FN2. The summed E-state index contributed by atoms with van der Waals surface area (Å²) in [5.41, 5.74) is 6.53. The van der Waals surface area contributed by atoms with Gasteiger partial charge in [0.15, 0.2) is 0 Å². The molecule has 1 aromatic rings. The summed E-state index contributed by atoms with van der Waals surface area (Å²) in [5, 5.41) is 8.59. The van der Waals surface area contributed by atoms with Crippen LogP contribution in [0.4, 0.5) is 4.39 Å². The highest BCUT2D eigenvalue weighted by Crippen LogP contribution is 2.18. The highest BCUT2D eigenvalue weighted by Gasteiger charge is 2.09. The molecule has 2 nitrogen and oxygen atoms in total. The van der Waals surface area contributed by atoms with Crippen molar-refractivity contribution in [3.8, 4) is 6.07 Å². The Balaban J connectivity index is 3.12. The quantitative estimate of drug-likeness (QED) is 0.754. The Morgan fingerprint density at radius 1 is 1.62 bits per heavy atom. The minimum absolute atomic E-state index is 0.326. The molecule has 0 amide bonds. The maximum atomic E-state index is 13.2. The third-order valence-corrected chi connectivity index (χ3v) is 1.96. The van der Waals surface area contributed by atoms with Crippen molar-refractivity contribution >= 4 is 0 Å². The monoisotopic (exact) mass is 178 g/mol. The molecule has 0 radical (unpaired) electrons. The summed E-state index contributed by atoms with van der Waals surface area (Å²) in [6, 6.07) is 5.86. The van der Waals surface area contributed by atoms with Crippen LogP contribution in [-0.2, 0) is 0 Å². The van der Waals surface area contributed by atoms with E-state index in [2.05, 4.69) is 0 Å². The van der Waals surface area contributed by atoms with Gasteiger partial charge in [-0.1, -0.05) is 6.92 Å². The molecule has 13 heavy (non-hydrogen) atoms. The number of hydrogen-bond acceptors (Lipinski definition) is 2. The lowest BCUT2D eigenvalue weighted by Crippen LogP contribution is -2.10. The van der Waals surface area contributed by atoms with E-state index in [1.54, 1.807) is 0 Å². The van der Waals surface area contributed by atoms with Gasteiger partial charge in [-0.25, -0.2) is 4.39 Å². The molecule has 1 rings (SSSR count). The molecule has 0 heterocycles. The summed E-state index contributed by atoms with van der Waals surface area (Å²) in [4.78, 5) is 0. The smallest absolute Gasteiger partial charge is 0.128 e. The highest BCUT2D eigenvalue weighted by molar-refractivity contribution is 5.35. The highest BCUT2D eigenvalue weighted by atomic mass is 19.1. The van der Waals surface area contributed by atoms with Crippen LogP contribution >= 0.6 is 0 Å². The van der Waals surface area contributed by atoms with Gasteiger partial charge in [-0.15, -0.1) is 0 Å². The predicted octanol–water partition coefficient (Wildman–Crippen LogP) is 2.11. The fourth-order valence-corrected chi connectivity index (χ4v) is 1.12. The molecule has 0 saturated carbocycles. The topological polar surface area (TPSA) is 49.8 Å². The molecular weight excluding hydrogens is 167 g/mol. The van der Waals surface area contributed by atoms with Crippen molar-refractivity contribution in [3.05, 3.63) is 35.1 Å². The van der Waals surface area contributed by atoms with Gasteiger partial charge in [0.1, 0.15) is 5.82 Å². The van der Waals surface area contributed by atoms with Crippen molar-refractivity contribution in [3.63, 3.8) is 0 Å². The second-order valence-corrected chi connectivity index (χ2v) is 2.86. The van der Waals surface area contributed by atoms with Crippen LogP contribution in [0.25, 0.3) is 0 Å². The van der Waals surface area contributed by atoms with Gasteiger partial charge in [-0.3, -0.25) is 0 Å². The number of nitriles is 1. The lowest BCUT2D eigenvalue weighted by Gasteiger charge is -2.09. The van der Waals surface area contributed by atoms with Crippen molar-refractivity contribution in [2.75, 3.05) is 0 Å². The van der Waals surface area contributed by atoms with Crippen molar-refractivity contribution < 1.29 is 4.39 Å². The zero-order valence-electron chi connectivity index (χ0n) is 7.42. The molecule has 1 unspecified atom stereocenters. The van der Waals surface area contributed by atoms with Gasteiger partial charge < -0.3 is 5.73 Å². The molecule has 0 aliphatic carbocycles. The number of benzene rings is 1. The van der Waals surface area contributed by atoms with Crippen LogP contribution in [0.15, 0.2) is 18.2 Å². The summed E-state index contributed by atoms with van der Waals surface area (Å²) in [5.74, 6) is -0.339. The van der Waals surface area contributed by atoms with Gasteiger partial charge in [-0.05, 0) is 24.6 Å². The van der Waals surface area contributed by atoms with E-state index < -0.39 is 0 Å². The molecule has 2 N–H and O–H groups in total. The van der Waals surface area contributed by atoms with Crippen LogP contribution < -0.4 is 5.73 Å². The summed E-state index contributed by atoms with van der Waals surface area (Å²) in [6.07, 6.45) is 0.659. The molecule has 1 aromatic carbocycles. The van der Waals surface area contributed by atoms with E-state index in [-0.39, 0.29) is 11.9 Å². The fraction of sp³-hybridized carbons (Fsp3) is 0.300. The maximum Gasteiger partial charge on any atom is 0.128 e. The van der Waals surface area contributed by atoms with E-state index >= 15 is 0 Å². The molecule has 0 fully saturated rings. The first-order chi connectivity index (χ1) is 6.19. The zero-order valence-corrected chi connectivity index (χ0v) is 7.42. The molecule has 0 spiro atoms. The first-order valence-corrected chi connectivity index (χ1v) is 4.14. The minimum atomic E-state index is -0.339. The third kappa shape index (κ3) is 2.04. The molecule has 0 aliphatic heterocycles. The van der Waals surface area contributed by atoms with Crippen molar-refractivity contribution in [1.29, 1.82) is 5.26 Å². The largest absolute Gasteiger partial charge is 0.324 e. The van der Waals surface area contributed by atoms with Gasteiger partial charge in [-0.2, -0.15) is 5.26 Å². The van der Waals surface area contributed by atoms with Gasteiger partial charge >= 0.3 is 0 Å². The van der Waals surface area contributed by atoms with Crippen LogP contribution in [-0.4, -0.2) is 0 Å². The van der Waals surface area contributed by atoms with Gasteiger partial charge in [0, 0.05) is 11.6 Å². The van der Waals surface area contributed by atoms with Crippen LogP contribution in [0.1, 0.15) is 30.5 Å². The Morgan fingerprint density at radius 3 is 2.85 bits per heavy atom. The predicted molar refractivity (Wildman–Crippen MR) is 48.3 cm³/mol. The Morgan fingerprint density at radius 2 is 2.31 bits per heavy atom. The maximum absolute atomic E-state index is 13.2. The standard InChI is InChI=1S/C10H11FN2/c1-2-10(13)8-5-7(6-12)3-4-9(8)11/h3-5,10H,2,13H2,1H3. The Labute approximate surface area is 76.8 Å². The summed E-state index contributed by atoms with van der Waals surface area (Å²) in [7, 11) is 0. The average molecular weight is 178 g/mol. The van der Waals surface area contributed by atoms with Crippen LogP contribution in [0.3, 0.4) is 0 Å². The van der Waals surface area contributed by atoms with E-state index in [1.165, 1.54) is 18.2 Å². The first kappa shape index (κ1) is 9.69. The number of hydrogen-bond donors (Lipinski definition) is 1. The fourth-order valence-electron chi connectivity index (χ4n) is 1.12. The SMILES string of the molecule is CCC(N)c1cc(C#N)ccc1F. The number of nitrogens with two attached hydrogens (primary N) is 1. The van der Waals surface area contributed by atoms with Crippen LogP contribution in [0.5, 0.6) is 0 Å². The molecule has 0 aromatic heterocycles. The van der Waals surface area contributed by atoms with Gasteiger partial charge in [0.25, 0.3) is 0 Å². The van der Waals surface area contributed by atoms with Crippen molar-refractivity contribution in [2.45, 2.75) is 19.4 Å². The molecule has 1 atom stereocenters. The lowest BCUT2D eigenvalue weighted by molar-refractivity contribution is 0.575. The summed E-state index contributed by atoms with van der Waals surface area (Å²) < 4.78 is 13.2. The Kier molecular flexibility index (Phi) is 2.99. The third-order valence-electron chi connectivity index (χ3n) is 1.96. The second kappa shape index (κ2) is 4.01. The average Bonchev–Trinajstić information content (AvgIpc) is 2.17. The van der Waals surface area contributed by atoms with Gasteiger partial charge in [0.05, 0.1) is 11.6 Å². The Hall–Kier alpha value is -1.40. The molecule has 0 bridgehead atoms. The molecule has 0 saturated heterocycles. The van der Waals surface area contributed by atoms with E-state index in [9.17, 15) is 4.39 Å². The summed E-state index contributed by atoms with van der Waals surface area (Å²) >= 11 is 0. The minimum Gasteiger partial charge on any atom is -0.324 e. The lowest BCUT2D eigenvalue weighted by atomic mass is 10.0. The van der Waals surface area contributed by atoms with Gasteiger partial charge in [0.2, 0.25) is 0 Å². The normalized spacial score (nSPS) is 12.2. The molecule has 0 aliphatic rings. The molecule has 3 heteroatoms. The number of nitrogens with zero attached hydrogens (tertiary/aromatic N) is 1. The number of halogens is 1. The zero-order chi connectivity index (χ0) is 9.84. The second-order valence-electron chi connectivity index (χ2n) is 2.86. The van der Waals surface area contributed by atoms with E-state index in [1.807, 2.05) is 13.0 Å². The van der Waals surface area contributed by atoms with E-state index in [4.69, 9.17) is 11.0 Å². The van der Waals surface area contributed by atoms with Crippen molar-refractivity contribution in [2.24, 2.45) is 5.73 Å². The molecule has 68 valence electrons. The van der Waals surface area contributed by atoms with E-state index in [0.29, 0.717) is 17.5 Å². The Bertz CT molecular complexity index is 341. The summed E-state index contributed by atoms with van der Waals surface area (Å²) in [6.45, 7) is 1.88. The van der Waals surface area contributed by atoms with Crippen molar-refractivity contribution in [1.82, 2.24) is 0 Å². The first-order valence-electron chi connectivity index (χ1n) is 4.14. The van der Waals surface area contributed by atoms with Crippen LogP contribution in [0, 0.1) is 17.1 Å². The van der Waals surface area contributed by atoms with Crippen LogP contribution in [0.2, 0.25) is 0 Å². The van der Waals surface area contributed by atoms with E-state index in [0.717, 1.165) is 0 Å².